The van der Waals surface area contributed by atoms with Crippen LogP contribution in [0.25, 0.3) is 10.1 Å². The molecule has 2 aromatic rings. The normalized spacial score (nSPS) is 10.7. The van der Waals surface area contributed by atoms with E-state index in [1.165, 1.54) is 4.21 Å². The third-order valence-corrected chi connectivity index (χ3v) is 4.24. The largest absolute Gasteiger partial charge is 0.506 e. The summed E-state index contributed by atoms with van der Waals surface area (Å²) >= 11 is 3.26. The van der Waals surface area contributed by atoms with Crippen LogP contribution in [-0.2, 0) is 0 Å². The standard InChI is InChI=1S/C10H10O2S2/c1-12-8-4-3-7(11)10-6(8)5-9(13-2)14-10/h3-5,11H,1-2H3. The molecule has 0 fully saturated rings. The molecule has 0 aliphatic heterocycles. The van der Waals surface area contributed by atoms with Crippen LogP contribution in [-0.4, -0.2) is 18.5 Å². The van der Waals surface area contributed by atoms with Gasteiger partial charge in [-0.2, -0.15) is 0 Å². The molecule has 0 aliphatic carbocycles. The van der Waals surface area contributed by atoms with Gasteiger partial charge in [-0.15, -0.1) is 23.1 Å². The molecule has 1 aromatic carbocycles. The van der Waals surface area contributed by atoms with Crippen LogP contribution < -0.4 is 4.74 Å². The molecule has 0 amide bonds. The monoisotopic (exact) mass is 226 g/mol. The van der Waals surface area contributed by atoms with Gasteiger partial charge < -0.3 is 9.84 Å². The van der Waals surface area contributed by atoms with Gasteiger partial charge in [0.05, 0.1) is 16.0 Å². The summed E-state index contributed by atoms with van der Waals surface area (Å²) in [7, 11) is 1.64. The molecule has 74 valence electrons. The summed E-state index contributed by atoms with van der Waals surface area (Å²) in [5.41, 5.74) is 0. The van der Waals surface area contributed by atoms with Gasteiger partial charge in [0.25, 0.3) is 0 Å². The molecule has 0 spiro atoms. The Bertz CT molecular complexity index is 462. The lowest BCUT2D eigenvalue weighted by atomic mass is 10.2. The van der Waals surface area contributed by atoms with Crippen molar-refractivity contribution in [2.75, 3.05) is 13.4 Å². The van der Waals surface area contributed by atoms with Crippen molar-refractivity contribution in [3.63, 3.8) is 0 Å². The minimum Gasteiger partial charge on any atom is -0.506 e. The van der Waals surface area contributed by atoms with Crippen molar-refractivity contribution in [3.8, 4) is 11.5 Å². The summed E-state index contributed by atoms with van der Waals surface area (Å²) < 4.78 is 7.30. The highest BCUT2D eigenvalue weighted by molar-refractivity contribution is 8.00. The van der Waals surface area contributed by atoms with E-state index in [2.05, 4.69) is 0 Å². The second kappa shape index (κ2) is 3.71. The molecule has 14 heavy (non-hydrogen) atoms. The lowest BCUT2D eigenvalue weighted by molar-refractivity contribution is 0.418. The van der Waals surface area contributed by atoms with E-state index in [0.717, 1.165) is 15.8 Å². The highest BCUT2D eigenvalue weighted by atomic mass is 32.2. The predicted molar refractivity (Wildman–Crippen MR) is 61.8 cm³/mol. The van der Waals surface area contributed by atoms with Crippen molar-refractivity contribution in [2.45, 2.75) is 4.21 Å². The summed E-state index contributed by atoms with van der Waals surface area (Å²) in [4.78, 5) is 0. The first-order valence-corrected chi connectivity index (χ1v) is 6.14. The summed E-state index contributed by atoms with van der Waals surface area (Å²) in [6.07, 6.45) is 2.02. The van der Waals surface area contributed by atoms with Crippen molar-refractivity contribution in [1.82, 2.24) is 0 Å². The number of aromatic hydroxyl groups is 1. The van der Waals surface area contributed by atoms with Crippen molar-refractivity contribution in [2.24, 2.45) is 0 Å². The Morgan fingerprint density at radius 2 is 2.21 bits per heavy atom. The minimum absolute atomic E-state index is 0.325. The minimum atomic E-state index is 0.325. The van der Waals surface area contributed by atoms with Gasteiger partial charge in [0.2, 0.25) is 0 Å². The highest BCUT2D eigenvalue weighted by Crippen LogP contribution is 2.41. The fraction of sp³-hybridized carbons (Fsp3) is 0.200. The van der Waals surface area contributed by atoms with E-state index in [1.54, 1.807) is 42.3 Å². The average molecular weight is 226 g/mol. The Labute approximate surface area is 90.5 Å². The van der Waals surface area contributed by atoms with Crippen LogP contribution in [0.2, 0.25) is 0 Å². The number of benzene rings is 1. The zero-order valence-corrected chi connectivity index (χ0v) is 9.54. The summed E-state index contributed by atoms with van der Waals surface area (Å²) in [5.74, 6) is 1.14. The van der Waals surface area contributed by atoms with E-state index >= 15 is 0 Å². The molecule has 0 radical (unpaired) electrons. The Kier molecular flexibility index (Phi) is 2.56. The number of rotatable bonds is 2. The molecule has 2 rings (SSSR count). The molecule has 0 atom stereocenters. The number of ether oxygens (including phenoxy) is 1. The molecule has 1 heterocycles. The smallest absolute Gasteiger partial charge is 0.133 e. The molecule has 4 heteroatoms. The molecule has 0 unspecified atom stereocenters. The lowest BCUT2D eigenvalue weighted by Gasteiger charge is -2.01. The molecule has 0 aliphatic rings. The van der Waals surface area contributed by atoms with E-state index in [-0.39, 0.29) is 0 Å². The Morgan fingerprint density at radius 3 is 2.86 bits per heavy atom. The fourth-order valence-electron chi connectivity index (χ4n) is 1.34. The Morgan fingerprint density at radius 1 is 1.43 bits per heavy atom. The predicted octanol–water partition coefficient (Wildman–Crippen LogP) is 3.34. The highest BCUT2D eigenvalue weighted by Gasteiger charge is 2.09. The average Bonchev–Trinajstić information content (AvgIpc) is 2.63. The third kappa shape index (κ3) is 1.44. The van der Waals surface area contributed by atoms with Crippen molar-refractivity contribution >= 4 is 33.2 Å². The van der Waals surface area contributed by atoms with E-state index in [0.29, 0.717) is 5.75 Å². The topological polar surface area (TPSA) is 29.5 Å². The number of phenolic OH excluding ortho intramolecular Hbond substituents is 1. The van der Waals surface area contributed by atoms with E-state index in [9.17, 15) is 5.11 Å². The fourth-order valence-corrected chi connectivity index (χ4v) is 2.98. The van der Waals surface area contributed by atoms with Crippen molar-refractivity contribution in [3.05, 3.63) is 18.2 Å². The Balaban J connectivity index is 2.74. The zero-order chi connectivity index (χ0) is 10.1. The van der Waals surface area contributed by atoms with Gasteiger partial charge in [0.1, 0.15) is 11.5 Å². The number of thioether (sulfide) groups is 1. The molecular weight excluding hydrogens is 216 g/mol. The van der Waals surface area contributed by atoms with Crippen LogP contribution >= 0.6 is 23.1 Å². The first-order chi connectivity index (χ1) is 6.76. The van der Waals surface area contributed by atoms with Gasteiger partial charge in [0.15, 0.2) is 0 Å². The molecule has 0 saturated heterocycles. The van der Waals surface area contributed by atoms with E-state index in [1.807, 2.05) is 12.3 Å². The maximum Gasteiger partial charge on any atom is 0.133 e. The quantitative estimate of drug-likeness (QED) is 0.796. The van der Waals surface area contributed by atoms with Crippen LogP contribution in [0.5, 0.6) is 11.5 Å². The second-order valence-electron chi connectivity index (χ2n) is 2.80. The summed E-state index contributed by atoms with van der Waals surface area (Å²) in [5, 5.41) is 10.6. The molecular formula is C10H10O2S2. The maximum atomic E-state index is 9.65. The molecule has 0 bridgehead atoms. The summed E-state index contributed by atoms with van der Waals surface area (Å²) in [6, 6.07) is 5.50. The van der Waals surface area contributed by atoms with Gasteiger partial charge in [-0.25, -0.2) is 0 Å². The van der Waals surface area contributed by atoms with Gasteiger partial charge >= 0.3 is 0 Å². The number of fused-ring (bicyclic) bond motifs is 1. The molecule has 1 aromatic heterocycles. The molecule has 1 N–H and O–H groups in total. The Hall–Kier alpha value is -0.870. The van der Waals surface area contributed by atoms with Crippen LogP contribution in [0.4, 0.5) is 0 Å². The number of thiophene rings is 1. The molecule has 2 nitrogen and oxygen atoms in total. The third-order valence-electron chi connectivity index (χ3n) is 2.02. The number of hydrogen-bond acceptors (Lipinski definition) is 4. The molecule has 0 saturated carbocycles. The van der Waals surface area contributed by atoms with E-state index < -0.39 is 0 Å². The number of hydrogen-bond donors (Lipinski definition) is 1. The lowest BCUT2D eigenvalue weighted by Crippen LogP contribution is -1.81. The van der Waals surface area contributed by atoms with Crippen molar-refractivity contribution < 1.29 is 9.84 Å². The van der Waals surface area contributed by atoms with Crippen molar-refractivity contribution in [1.29, 1.82) is 0 Å². The van der Waals surface area contributed by atoms with E-state index in [4.69, 9.17) is 4.74 Å². The number of phenols is 1. The maximum absolute atomic E-state index is 9.65. The van der Waals surface area contributed by atoms with Gasteiger partial charge in [-0.3, -0.25) is 0 Å². The van der Waals surface area contributed by atoms with Crippen LogP contribution in [0.1, 0.15) is 0 Å². The second-order valence-corrected chi connectivity index (χ2v) is 4.96. The van der Waals surface area contributed by atoms with Gasteiger partial charge in [0, 0.05) is 5.39 Å². The van der Waals surface area contributed by atoms with Crippen LogP contribution in [0, 0.1) is 0 Å². The number of methoxy groups -OCH3 is 1. The van der Waals surface area contributed by atoms with Gasteiger partial charge in [-0.1, -0.05) is 0 Å². The SMILES string of the molecule is COc1ccc(O)c2sc(SC)cc12. The first kappa shape index (κ1) is 9.68. The summed E-state index contributed by atoms with van der Waals surface area (Å²) in [6.45, 7) is 0. The first-order valence-electron chi connectivity index (χ1n) is 4.09. The zero-order valence-electron chi connectivity index (χ0n) is 7.90. The van der Waals surface area contributed by atoms with Gasteiger partial charge in [-0.05, 0) is 24.5 Å². The van der Waals surface area contributed by atoms with Crippen LogP contribution in [0.15, 0.2) is 22.4 Å². The van der Waals surface area contributed by atoms with Crippen LogP contribution in [0.3, 0.4) is 0 Å².